The van der Waals surface area contributed by atoms with Crippen molar-refractivity contribution >= 4 is 34.6 Å². The van der Waals surface area contributed by atoms with Gasteiger partial charge in [-0.2, -0.15) is 0 Å². The third-order valence-electron chi connectivity index (χ3n) is 3.54. The van der Waals surface area contributed by atoms with Crippen LogP contribution in [0, 0.1) is 0 Å². The number of hydrogen-bond acceptors (Lipinski definition) is 1. The molecule has 1 aliphatic heterocycles. The van der Waals surface area contributed by atoms with Crippen LogP contribution in [0.4, 0.5) is 0 Å². The van der Waals surface area contributed by atoms with E-state index in [4.69, 9.17) is 0 Å². The van der Waals surface area contributed by atoms with Crippen LogP contribution in [0.5, 0.6) is 0 Å². The van der Waals surface area contributed by atoms with Crippen molar-refractivity contribution in [2.24, 2.45) is 0 Å². The number of benzene rings is 1. The summed E-state index contributed by atoms with van der Waals surface area (Å²) in [5.41, 5.74) is 1.76. The van der Waals surface area contributed by atoms with E-state index in [1.807, 2.05) is 11.8 Å². The van der Waals surface area contributed by atoms with Crippen LogP contribution in [0.1, 0.15) is 6.92 Å². The topological polar surface area (TPSA) is 3.88 Å². The third-order valence-corrected chi connectivity index (χ3v) is 13.3. The zero-order chi connectivity index (χ0) is 11.9. The van der Waals surface area contributed by atoms with Crippen LogP contribution in [0.25, 0.3) is 10.9 Å². The Morgan fingerprint density at radius 1 is 1.41 bits per heavy atom. The first-order valence-electron chi connectivity index (χ1n) is 5.87. The fraction of sp³-hybridized carbons (Fsp3) is 0.308. The third kappa shape index (κ3) is 2.08. The summed E-state index contributed by atoms with van der Waals surface area (Å²) in [4.78, 5) is 1.44. The van der Waals surface area contributed by atoms with E-state index in [-0.39, 0.29) is 0 Å². The van der Waals surface area contributed by atoms with Crippen molar-refractivity contribution in [1.29, 1.82) is 0 Å². The fourth-order valence-corrected chi connectivity index (χ4v) is 15.5. The first-order chi connectivity index (χ1) is 8.24. The molecule has 0 saturated carbocycles. The predicted molar refractivity (Wildman–Crippen MR) is 72.2 cm³/mol. The molecule has 0 radical (unpaired) electrons. The molecule has 0 bridgehead atoms. The summed E-state index contributed by atoms with van der Waals surface area (Å²) in [6.45, 7) is 2.41. The van der Waals surface area contributed by atoms with Gasteiger partial charge in [-0.15, -0.1) is 0 Å². The number of para-hydroxylation sites is 1. The molecular formula is C13H13BrHgNS+. The van der Waals surface area contributed by atoms with Gasteiger partial charge in [0.15, 0.2) is 0 Å². The summed E-state index contributed by atoms with van der Waals surface area (Å²) >= 11 is 5.03. The molecule has 0 amide bonds. The Morgan fingerprint density at radius 3 is 3.06 bits per heavy atom. The average Bonchev–Trinajstić information content (AvgIpc) is 2.35. The Balaban J connectivity index is 2.30. The summed E-state index contributed by atoms with van der Waals surface area (Å²) in [7, 11) is 0. The molecule has 3 rings (SSSR count). The van der Waals surface area contributed by atoms with Crippen LogP contribution in [-0.2, 0) is 27.7 Å². The Bertz CT molecular complexity index is 569. The second kappa shape index (κ2) is 4.82. The zero-order valence-electron chi connectivity index (χ0n) is 9.82. The summed E-state index contributed by atoms with van der Waals surface area (Å²) < 4.78 is 3.91. The molecule has 0 spiro atoms. The molecular weight excluding hydrogens is 483 g/mol. The molecule has 1 unspecified atom stereocenters. The van der Waals surface area contributed by atoms with Gasteiger partial charge < -0.3 is 0 Å². The van der Waals surface area contributed by atoms with E-state index in [0.717, 1.165) is 0 Å². The van der Waals surface area contributed by atoms with Gasteiger partial charge in [0.25, 0.3) is 0 Å². The molecule has 84 valence electrons. The predicted octanol–water partition coefficient (Wildman–Crippen LogP) is 3.76. The SMILES string of the molecule is CC1([CH2][Hg][Br])CSc2cccc3ccc[n+]1c23. The van der Waals surface area contributed by atoms with Crippen molar-refractivity contribution in [1.82, 2.24) is 0 Å². The molecule has 0 saturated heterocycles. The molecule has 0 aliphatic carbocycles. The van der Waals surface area contributed by atoms with E-state index >= 15 is 0 Å². The van der Waals surface area contributed by atoms with Gasteiger partial charge in [0.05, 0.1) is 0 Å². The van der Waals surface area contributed by atoms with Gasteiger partial charge in [0.1, 0.15) is 0 Å². The Kier molecular flexibility index (Phi) is 3.52. The quantitative estimate of drug-likeness (QED) is 0.453. The van der Waals surface area contributed by atoms with Gasteiger partial charge >= 0.3 is 125 Å². The minimum absolute atomic E-state index is 0.323. The number of rotatable bonds is 2. The normalized spacial score (nSPS) is 22.5. The van der Waals surface area contributed by atoms with Crippen molar-refractivity contribution in [3.05, 3.63) is 36.5 Å². The molecule has 1 aromatic heterocycles. The van der Waals surface area contributed by atoms with Gasteiger partial charge in [-0.05, 0) is 0 Å². The molecule has 2 heterocycles. The summed E-state index contributed by atoms with van der Waals surface area (Å²) in [6, 6.07) is 11.1. The van der Waals surface area contributed by atoms with Crippen molar-refractivity contribution < 1.29 is 26.7 Å². The fourth-order valence-electron chi connectivity index (χ4n) is 2.50. The Morgan fingerprint density at radius 2 is 2.24 bits per heavy atom. The van der Waals surface area contributed by atoms with E-state index in [0.29, 0.717) is 5.54 Å². The van der Waals surface area contributed by atoms with E-state index in [1.165, 1.54) is 25.5 Å². The standard InChI is InChI=1S/C13H13NS.BrH.Hg/c1-13(2)9-15-11-7-3-5-10-6-4-8-14(13)12(10)11;;/h3-8H,1,9H2,2H3;1H;/q+1;;+1/p-1. The Hall–Kier alpha value is 0.395. The molecule has 2 aromatic rings. The summed E-state index contributed by atoms with van der Waals surface area (Å²) in [6.07, 6.45) is 2.27. The van der Waals surface area contributed by atoms with Gasteiger partial charge in [0, 0.05) is 0 Å². The van der Waals surface area contributed by atoms with Crippen LogP contribution >= 0.6 is 23.7 Å². The van der Waals surface area contributed by atoms with Gasteiger partial charge in [-0.1, -0.05) is 0 Å². The average molecular weight is 496 g/mol. The zero-order valence-corrected chi connectivity index (χ0v) is 17.7. The number of aromatic nitrogens is 1. The molecule has 1 nitrogen and oxygen atoms in total. The van der Waals surface area contributed by atoms with Crippen LogP contribution in [0.15, 0.2) is 41.4 Å². The summed E-state index contributed by atoms with van der Waals surface area (Å²) in [5, 5.41) is 1.37. The molecule has 1 aliphatic rings. The number of nitrogens with zero attached hydrogens (tertiary/aromatic N) is 1. The van der Waals surface area contributed by atoms with Crippen molar-refractivity contribution in [3.8, 4) is 0 Å². The van der Waals surface area contributed by atoms with Gasteiger partial charge in [-0.3, -0.25) is 0 Å². The van der Waals surface area contributed by atoms with Gasteiger partial charge in [-0.25, -0.2) is 0 Å². The molecule has 1 aromatic carbocycles. The molecule has 4 heteroatoms. The number of thioether (sulfide) groups is 1. The van der Waals surface area contributed by atoms with Crippen molar-refractivity contribution in [3.63, 3.8) is 0 Å². The van der Waals surface area contributed by atoms with Crippen LogP contribution < -0.4 is 4.57 Å². The van der Waals surface area contributed by atoms with Crippen LogP contribution in [0.3, 0.4) is 0 Å². The van der Waals surface area contributed by atoms with Gasteiger partial charge in [0.2, 0.25) is 0 Å². The first-order valence-corrected chi connectivity index (χ1v) is 22.7. The number of pyridine rings is 1. The maximum absolute atomic E-state index is 3.81. The number of halogens is 1. The second-order valence-electron chi connectivity index (χ2n) is 4.80. The minimum atomic E-state index is -0.797. The molecule has 0 fully saturated rings. The van der Waals surface area contributed by atoms with E-state index < -0.39 is 22.1 Å². The second-order valence-corrected chi connectivity index (χ2v) is 16.2. The van der Waals surface area contributed by atoms with Crippen molar-refractivity contribution in [2.75, 3.05) is 5.75 Å². The molecule has 17 heavy (non-hydrogen) atoms. The monoisotopic (exact) mass is 496 g/mol. The van der Waals surface area contributed by atoms with E-state index in [1.54, 1.807) is 0 Å². The van der Waals surface area contributed by atoms with E-state index in [2.05, 4.69) is 59.9 Å². The van der Waals surface area contributed by atoms with E-state index in [9.17, 15) is 0 Å². The summed E-state index contributed by atoms with van der Waals surface area (Å²) in [5.74, 6) is 1.21. The molecule has 1 atom stereocenters. The maximum atomic E-state index is 3.81. The Labute approximate surface area is 124 Å². The number of hydrogen-bond donors (Lipinski definition) is 0. The van der Waals surface area contributed by atoms with Crippen molar-refractivity contribution in [2.45, 2.75) is 21.3 Å². The molecule has 0 N–H and O–H groups in total. The van der Waals surface area contributed by atoms with Crippen LogP contribution in [-0.4, -0.2) is 5.75 Å². The van der Waals surface area contributed by atoms with Crippen LogP contribution in [0.2, 0.25) is 3.93 Å². The first kappa shape index (κ1) is 12.4.